The highest BCUT2D eigenvalue weighted by molar-refractivity contribution is 5.88. The van der Waals surface area contributed by atoms with Gasteiger partial charge in [0.05, 0.1) is 12.5 Å². The van der Waals surface area contributed by atoms with E-state index in [1.54, 1.807) is 15.9 Å². The van der Waals surface area contributed by atoms with Crippen molar-refractivity contribution in [3.8, 4) is 0 Å². The summed E-state index contributed by atoms with van der Waals surface area (Å²) in [7, 11) is 0. The van der Waals surface area contributed by atoms with E-state index in [4.69, 9.17) is 0 Å². The molecule has 2 aliphatic heterocycles. The number of nitrogens with one attached hydrogen (secondary N) is 1. The van der Waals surface area contributed by atoms with Crippen LogP contribution in [0.15, 0.2) is 24.3 Å². The topological polar surface area (TPSA) is 69.7 Å². The Bertz CT molecular complexity index is 679. The Morgan fingerprint density at radius 2 is 2.16 bits per heavy atom. The summed E-state index contributed by atoms with van der Waals surface area (Å²) in [4.78, 5) is 39.5. The summed E-state index contributed by atoms with van der Waals surface area (Å²) in [6.45, 7) is 1.90. The molecule has 25 heavy (non-hydrogen) atoms. The smallest absolute Gasteiger partial charge is 0.239 e. The van der Waals surface area contributed by atoms with Crippen molar-refractivity contribution in [2.24, 2.45) is 5.92 Å². The number of carbonyl (C=O) groups is 3. The van der Waals surface area contributed by atoms with Gasteiger partial charge >= 0.3 is 0 Å². The van der Waals surface area contributed by atoms with Gasteiger partial charge in [-0.15, -0.1) is 0 Å². The molecule has 0 saturated carbocycles. The monoisotopic (exact) mass is 347 g/mol. The summed E-state index contributed by atoms with van der Waals surface area (Å²) in [5.74, 6) is -0.737. The summed E-state index contributed by atoms with van der Waals surface area (Å²) in [5.41, 5.74) is 0.828. The van der Waals surface area contributed by atoms with Crippen LogP contribution in [0.4, 0.5) is 4.39 Å². The van der Waals surface area contributed by atoms with Gasteiger partial charge in [-0.2, -0.15) is 0 Å². The normalized spacial score (nSPS) is 21.2. The predicted molar refractivity (Wildman–Crippen MR) is 89.0 cm³/mol. The van der Waals surface area contributed by atoms with E-state index in [0.29, 0.717) is 45.4 Å². The van der Waals surface area contributed by atoms with E-state index >= 15 is 0 Å². The Morgan fingerprint density at radius 3 is 2.92 bits per heavy atom. The molecular weight excluding hydrogens is 325 g/mol. The van der Waals surface area contributed by atoms with E-state index in [0.717, 1.165) is 5.56 Å². The average molecular weight is 347 g/mol. The van der Waals surface area contributed by atoms with Crippen molar-refractivity contribution in [1.82, 2.24) is 15.1 Å². The lowest BCUT2D eigenvalue weighted by molar-refractivity contribution is -0.146. The number of piperidine rings is 1. The third kappa shape index (κ3) is 4.35. The first-order valence-electron chi connectivity index (χ1n) is 8.60. The van der Waals surface area contributed by atoms with Gasteiger partial charge in [0.1, 0.15) is 5.82 Å². The SMILES string of the molecule is O=C1CN(C(=O)[C@H]2CCC(=O)N(CCc3cccc(F)c3)C2)CCN1. The molecule has 134 valence electrons. The Kier molecular flexibility index (Phi) is 5.31. The molecule has 3 amide bonds. The first-order chi connectivity index (χ1) is 12.0. The molecule has 2 aliphatic rings. The van der Waals surface area contributed by atoms with Crippen LogP contribution in [-0.2, 0) is 20.8 Å². The zero-order valence-electron chi connectivity index (χ0n) is 14.0. The number of amides is 3. The molecule has 1 N–H and O–H groups in total. The quantitative estimate of drug-likeness (QED) is 0.866. The molecule has 6 nitrogen and oxygen atoms in total. The minimum Gasteiger partial charge on any atom is -0.353 e. The van der Waals surface area contributed by atoms with Crippen molar-refractivity contribution in [1.29, 1.82) is 0 Å². The Hall–Kier alpha value is -2.44. The fourth-order valence-corrected chi connectivity index (χ4v) is 3.37. The molecule has 0 spiro atoms. The van der Waals surface area contributed by atoms with Crippen LogP contribution in [0, 0.1) is 11.7 Å². The number of hydrogen-bond acceptors (Lipinski definition) is 3. The number of halogens is 1. The third-order valence-electron chi connectivity index (χ3n) is 4.76. The molecule has 2 fully saturated rings. The lowest BCUT2D eigenvalue weighted by Crippen LogP contribution is -2.54. The summed E-state index contributed by atoms with van der Waals surface area (Å²) in [5, 5.41) is 2.70. The number of likely N-dealkylation sites (tertiary alicyclic amines) is 1. The van der Waals surface area contributed by atoms with Crippen molar-refractivity contribution in [3.63, 3.8) is 0 Å². The summed E-state index contributed by atoms with van der Waals surface area (Å²) >= 11 is 0. The second kappa shape index (κ2) is 7.63. The first-order valence-corrected chi connectivity index (χ1v) is 8.60. The van der Waals surface area contributed by atoms with Crippen LogP contribution >= 0.6 is 0 Å². The number of nitrogens with zero attached hydrogens (tertiary/aromatic N) is 2. The maximum Gasteiger partial charge on any atom is 0.239 e. The van der Waals surface area contributed by atoms with Gasteiger partial charge in [-0.3, -0.25) is 14.4 Å². The lowest BCUT2D eigenvalue weighted by Gasteiger charge is -2.36. The van der Waals surface area contributed by atoms with Crippen molar-refractivity contribution in [2.75, 3.05) is 32.7 Å². The van der Waals surface area contributed by atoms with Crippen LogP contribution in [0.2, 0.25) is 0 Å². The van der Waals surface area contributed by atoms with Crippen LogP contribution in [0.5, 0.6) is 0 Å². The molecule has 0 aliphatic carbocycles. The molecule has 1 aromatic rings. The van der Waals surface area contributed by atoms with E-state index in [1.807, 2.05) is 6.07 Å². The van der Waals surface area contributed by atoms with Crippen molar-refractivity contribution in [3.05, 3.63) is 35.6 Å². The Balaban J connectivity index is 1.58. The molecule has 0 unspecified atom stereocenters. The fourth-order valence-electron chi connectivity index (χ4n) is 3.37. The van der Waals surface area contributed by atoms with Gasteiger partial charge in [-0.25, -0.2) is 4.39 Å². The van der Waals surface area contributed by atoms with E-state index in [-0.39, 0.29) is 36.0 Å². The van der Waals surface area contributed by atoms with Crippen molar-refractivity contribution < 1.29 is 18.8 Å². The molecule has 2 heterocycles. The number of carbonyl (C=O) groups excluding carboxylic acids is 3. The minimum absolute atomic E-state index is 0.0249. The second-order valence-corrected chi connectivity index (χ2v) is 6.57. The number of hydrogen-bond donors (Lipinski definition) is 1. The molecule has 1 atom stereocenters. The molecule has 1 aromatic carbocycles. The minimum atomic E-state index is -0.293. The summed E-state index contributed by atoms with van der Waals surface area (Å²) in [6, 6.07) is 6.32. The number of rotatable bonds is 4. The first kappa shape index (κ1) is 17.4. The van der Waals surface area contributed by atoms with E-state index in [9.17, 15) is 18.8 Å². The van der Waals surface area contributed by atoms with E-state index < -0.39 is 0 Å². The maximum atomic E-state index is 13.3. The fraction of sp³-hybridized carbons (Fsp3) is 0.500. The molecule has 0 aromatic heterocycles. The third-order valence-corrected chi connectivity index (χ3v) is 4.76. The predicted octanol–water partition coefficient (Wildman–Crippen LogP) is 0.565. The van der Waals surface area contributed by atoms with E-state index in [2.05, 4.69) is 5.32 Å². The second-order valence-electron chi connectivity index (χ2n) is 6.57. The molecule has 3 rings (SSSR count). The highest BCUT2D eigenvalue weighted by Crippen LogP contribution is 2.21. The van der Waals surface area contributed by atoms with Gasteiger partial charge in [-0.1, -0.05) is 12.1 Å². The zero-order chi connectivity index (χ0) is 17.8. The highest BCUT2D eigenvalue weighted by atomic mass is 19.1. The molecule has 2 saturated heterocycles. The van der Waals surface area contributed by atoms with Crippen LogP contribution < -0.4 is 5.32 Å². The molecule has 0 radical (unpaired) electrons. The molecule has 0 bridgehead atoms. The van der Waals surface area contributed by atoms with Gasteiger partial charge in [0, 0.05) is 32.6 Å². The lowest BCUT2D eigenvalue weighted by atomic mass is 9.95. The van der Waals surface area contributed by atoms with Crippen LogP contribution in [0.3, 0.4) is 0 Å². The van der Waals surface area contributed by atoms with Gasteiger partial charge in [0.15, 0.2) is 0 Å². The number of piperazine rings is 1. The standard InChI is InChI=1S/C18H22FN3O3/c19-15-3-1-2-13(10-15)6-8-21-11-14(4-5-17(21)24)18(25)22-9-7-20-16(23)12-22/h1-3,10,14H,4-9,11-12H2,(H,20,23)/t14-/m0/s1. The summed E-state index contributed by atoms with van der Waals surface area (Å²) in [6.07, 6.45) is 1.41. The van der Waals surface area contributed by atoms with Gasteiger partial charge < -0.3 is 15.1 Å². The molecular formula is C18H22FN3O3. The highest BCUT2D eigenvalue weighted by Gasteiger charge is 2.33. The van der Waals surface area contributed by atoms with Gasteiger partial charge in [0.25, 0.3) is 0 Å². The maximum absolute atomic E-state index is 13.3. The summed E-state index contributed by atoms with van der Waals surface area (Å²) < 4.78 is 13.3. The Morgan fingerprint density at radius 1 is 1.32 bits per heavy atom. The Labute approximate surface area is 146 Å². The zero-order valence-corrected chi connectivity index (χ0v) is 14.0. The molecule has 7 heteroatoms. The van der Waals surface area contributed by atoms with Crippen LogP contribution in [0.25, 0.3) is 0 Å². The van der Waals surface area contributed by atoms with Crippen molar-refractivity contribution in [2.45, 2.75) is 19.3 Å². The van der Waals surface area contributed by atoms with Crippen molar-refractivity contribution >= 4 is 17.7 Å². The van der Waals surface area contributed by atoms with Crippen LogP contribution in [-0.4, -0.2) is 60.2 Å². The number of benzene rings is 1. The largest absolute Gasteiger partial charge is 0.353 e. The van der Waals surface area contributed by atoms with Gasteiger partial charge in [-0.05, 0) is 30.5 Å². The van der Waals surface area contributed by atoms with Crippen LogP contribution in [0.1, 0.15) is 18.4 Å². The average Bonchev–Trinajstić information content (AvgIpc) is 2.60. The van der Waals surface area contributed by atoms with E-state index in [1.165, 1.54) is 12.1 Å². The van der Waals surface area contributed by atoms with Gasteiger partial charge in [0.2, 0.25) is 17.7 Å².